The molecule has 1 heterocycles. The van der Waals surface area contributed by atoms with Crippen molar-refractivity contribution in [2.75, 3.05) is 11.9 Å². The zero-order valence-electron chi connectivity index (χ0n) is 5.00. The highest BCUT2D eigenvalue weighted by Crippen LogP contribution is 2.01. The van der Waals surface area contributed by atoms with Gasteiger partial charge in [0.2, 0.25) is 5.88 Å². The van der Waals surface area contributed by atoms with Crippen LogP contribution >= 0.6 is 0 Å². The molecule has 1 aromatic rings. The summed E-state index contributed by atoms with van der Waals surface area (Å²) in [5.41, 5.74) is 0. The van der Waals surface area contributed by atoms with Crippen molar-refractivity contribution in [2.45, 2.75) is 0 Å². The normalized spacial score (nSPS) is 8.89. The Labute approximate surface area is 53.4 Å². The van der Waals surface area contributed by atoms with E-state index in [1.165, 1.54) is 0 Å². The van der Waals surface area contributed by atoms with Crippen LogP contribution in [0, 0.1) is 0 Å². The van der Waals surface area contributed by atoms with Crippen molar-refractivity contribution >= 4 is 5.88 Å². The zero-order valence-corrected chi connectivity index (χ0v) is 5.00. The first-order valence-corrected chi connectivity index (χ1v) is 2.69. The number of hydrogen-bond acceptors (Lipinski definition) is 3. The van der Waals surface area contributed by atoms with Crippen molar-refractivity contribution in [1.29, 1.82) is 0 Å². The van der Waals surface area contributed by atoms with E-state index in [2.05, 4.69) is 17.1 Å². The van der Waals surface area contributed by atoms with E-state index >= 15 is 0 Å². The van der Waals surface area contributed by atoms with Gasteiger partial charge in [-0.1, -0.05) is 11.2 Å². The standard InChI is InChI=1S/C6H8N2O/c1-2-4-7-6-3-5-8-9-6/h2-3,5,7H,1,4H2. The van der Waals surface area contributed by atoms with Gasteiger partial charge in [0.15, 0.2) is 0 Å². The summed E-state index contributed by atoms with van der Waals surface area (Å²) >= 11 is 0. The van der Waals surface area contributed by atoms with Gasteiger partial charge in [0.1, 0.15) is 0 Å². The summed E-state index contributed by atoms with van der Waals surface area (Å²) in [6.45, 7) is 4.24. The molecule has 0 aliphatic heterocycles. The van der Waals surface area contributed by atoms with Crippen molar-refractivity contribution in [2.24, 2.45) is 0 Å². The summed E-state index contributed by atoms with van der Waals surface area (Å²) in [6.07, 6.45) is 3.34. The second-order valence-corrected chi connectivity index (χ2v) is 1.55. The molecule has 0 aromatic carbocycles. The first kappa shape index (κ1) is 5.88. The molecular formula is C6H8N2O. The average Bonchev–Trinajstić information content (AvgIpc) is 2.34. The quantitative estimate of drug-likeness (QED) is 0.616. The molecule has 0 unspecified atom stereocenters. The van der Waals surface area contributed by atoms with Gasteiger partial charge >= 0.3 is 0 Å². The summed E-state index contributed by atoms with van der Waals surface area (Å²) in [7, 11) is 0. The van der Waals surface area contributed by atoms with E-state index in [9.17, 15) is 0 Å². The smallest absolute Gasteiger partial charge is 0.224 e. The maximum absolute atomic E-state index is 4.73. The Morgan fingerprint density at radius 3 is 3.33 bits per heavy atom. The molecular weight excluding hydrogens is 116 g/mol. The van der Waals surface area contributed by atoms with Crippen LogP contribution in [-0.2, 0) is 0 Å². The summed E-state index contributed by atoms with van der Waals surface area (Å²) in [5, 5.41) is 6.43. The highest BCUT2D eigenvalue weighted by atomic mass is 16.5. The van der Waals surface area contributed by atoms with Crippen LogP contribution in [0.3, 0.4) is 0 Å². The van der Waals surface area contributed by atoms with Gasteiger partial charge in [-0.05, 0) is 0 Å². The van der Waals surface area contributed by atoms with Crippen molar-refractivity contribution in [3.05, 3.63) is 24.9 Å². The minimum atomic E-state index is 0.676. The predicted molar refractivity (Wildman–Crippen MR) is 35.2 cm³/mol. The monoisotopic (exact) mass is 124 g/mol. The van der Waals surface area contributed by atoms with Gasteiger partial charge in [-0.15, -0.1) is 6.58 Å². The molecule has 1 N–H and O–H groups in total. The molecule has 0 bridgehead atoms. The van der Waals surface area contributed by atoms with Crippen LogP contribution in [0.25, 0.3) is 0 Å². The highest BCUT2D eigenvalue weighted by Gasteiger charge is 1.88. The zero-order chi connectivity index (χ0) is 6.53. The summed E-state index contributed by atoms with van der Waals surface area (Å²) in [4.78, 5) is 0. The number of aromatic nitrogens is 1. The summed E-state index contributed by atoms with van der Waals surface area (Å²) in [6, 6.07) is 1.75. The van der Waals surface area contributed by atoms with Crippen LogP contribution in [-0.4, -0.2) is 11.7 Å². The van der Waals surface area contributed by atoms with Crippen LogP contribution in [0.5, 0.6) is 0 Å². The predicted octanol–water partition coefficient (Wildman–Crippen LogP) is 1.27. The topological polar surface area (TPSA) is 38.1 Å². The summed E-state index contributed by atoms with van der Waals surface area (Å²) in [5.74, 6) is 0.676. The molecule has 1 aromatic heterocycles. The van der Waals surface area contributed by atoms with Crippen molar-refractivity contribution in [3.63, 3.8) is 0 Å². The van der Waals surface area contributed by atoms with Gasteiger partial charge < -0.3 is 9.84 Å². The highest BCUT2D eigenvalue weighted by molar-refractivity contribution is 5.28. The van der Waals surface area contributed by atoms with Gasteiger partial charge in [-0.25, -0.2) is 0 Å². The minimum Gasteiger partial charge on any atom is -0.351 e. The van der Waals surface area contributed by atoms with Gasteiger partial charge in [-0.3, -0.25) is 0 Å². The Morgan fingerprint density at radius 1 is 1.89 bits per heavy atom. The van der Waals surface area contributed by atoms with Crippen LogP contribution in [0.2, 0.25) is 0 Å². The molecule has 1 rings (SSSR count). The molecule has 0 aliphatic carbocycles. The fraction of sp³-hybridized carbons (Fsp3) is 0.167. The molecule has 48 valence electrons. The Balaban J connectivity index is 2.38. The van der Waals surface area contributed by atoms with Gasteiger partial charge in [0, 0.05) is 12.6 Å². The Kier molecular flexibility index (Phi) is 1.90. The average molecular weight is 124 g/mol. The Bertz CT molecular complexity index is 169. The van der Waals surface area contributed by atoms with E-state index in [0.717, 1.165) is 0 Å². The second-order valence-electron chi connectivity index (χ2n) is 1.55. The minimum absolute atomic E-state index is 0.676. The van der Waals surface area contributed by atoms with Crippen LogP contribution in [0.1, 0.15) is 0 Å². The number of rotatable bonds is 3. The van der Waals surface area contributed by atoms with E-state index in [1.54, 1.807) is 18.3 Å². The lowest BCUT2D eigenvalue weighted by atomic mass is 10.6. The lowest BCUT2D eigenvalue weighted by Gasteiger charge is -1.92. The van der Waals surface area contributed by atoms with Gasteiger partial charge in [0.25, 0.3) is 0 Å². The van der Waals surface area contributed by atoms with Gasteiger partial charge in [0.05, 0.1) is 6.20 Å². The van der Waals surface area contributed by atoms with Crippen molar-refractivity contribution < 1.29 is 4.52 Å². The van der Waals surface area contributed by atoms with Crippen LogP contribution < -0.4 is 5.32 Å². The third kappa shape index (κ3) is 1.60. The van der Waals surface area contributed by atoms with E-state index < -0.39 is 0 Å². The SMILES string of the molecule is C=CCNc1ccno1. The summed E-state index contributed by atoms with van der Waals surface area (Å²) < 4.78 is 4.73. The third-order valence-corrected chi connectivity index (χ3v) is 0.858. The molecule has 3 heteroatoms. The number of anilines is 1. The van der Waals surface area contributed by atoms with E-state index in [1.807, 2.05) is 0 Å². The first-order valence-electron chi connectivity index (χ1n) is 2.69. The molecule has 3 nitrogen and oxygen atoms in total. The van der Waals surface area contributed by atoms with E-state index in [-0.39, 0.29) is 0 Å². The molecule has 0 radical (unpaired) electrons. The van der Waals surface area contributed by atoms with Crippen LogP contribution in [0.15, 0.2) is 29.4 Å². The van der Waals surface area contributed by atoms with Crippen LogP contribution in [0.4, 0.5) is 5.88 Å². The maximum atomic E-state index is 4.73. The maximum Gasteiger partial charge on any atom is 0.224 e. The van der Waals surface area contributed by atoms with E-state index in [4.69, 9.17) is 4.52 Å². The van der Waals surface area contributed by atoms with Gasteiger partial charge in [-0.2, -0.15) is 0 Å². The largest absolute Gasteiger partial charge is 0.351 e. The number of hydrogen-bond donors (Lipinski definition) is 1. The van der Waals surface area contributed by atoms with E-state index in [0.29, 0.717) is 12.4 Å². The third-order valence-electron chi connectivity index (χ3n) is 0.858. The molecule has 0 spiro atoms. The second kappa shape index (κ2) is 2.91. The molecule has 0 aliphatic rings. The fourth-order valence-electron chi connectivity index (χ4n) is 0.480. The molecule has 9 heavy (non-hydrogen) atoms. The fourth-order valence-corrected chi connectivity index (χ4v) is 0.480. The van der Waals surface area contributed by atoms with Crippen molar-refractivity contribution in [1.82, 2.24) is 5.16 Å². The number of nitrogens with zero attached hydrogens (tertiary/aromatic N) is 1. The molecule has 0 amide bonds. The molecule has 0 atom stereocenters. The van der Waals surface area contributed by atoms with Crippen molar-refractivity contribution in [3.8, 4) is 0 Å². The Morgan fingerprint density at radius 2 is 2.78 bits per heavy atom. The number of nitrogens with one attached hydrogen (secondary N) is 1. The lowest BCUT2D eigenvalue weighted by Crippen LogP contribution is -1.94. The lowest BCUT2D eigenvalue weighted by molar-refractivity contribution is 0.433. The first-order chi connectivity index (χ1) is 4.43. The molecule has 0 saturated heterocycles. The molecule has 0 fully saturated rings. The molecule has 0 saturated carbocycles. The Hall–Kier alpha value is -1.25.